The number of hydrogen-bond acceptors (Lipinski definition) is 2. The minimum atomic E-state index is -2.81. The lowest BCUT2D eigenvalue weighted by atomic mass is 10.2. The van der Waals surface area contributed by atoms with E-state index in [0.717, 1.165) is 37.4 Å². The third kappa shape index (κ3) is 3.23. The molecule has 1 aliphatic carbocycles. The molecule has 0 N–H and O–H groups in total. The topological polar surface area (TPSA) is 34.1 Å². The Kier molecular flexibility index (Phi) is 4.91. The second kappa shape index (κ2) is 5.50. The van der Waals surface area contributed by atoms with Crippen LogP contribution < -0.4 is 0 Å². The van der Waals surface area contributed by atoms with Gasteiger partial charge in [0.2, 0.25) is 0 Å². The summed E-state index contributed by atoms with van der Waals surface area (Å²) in [7, 11) is -2.81. The molecule has 0 aliphatic heterocycles. The summed E-state index contributed by atoms with van der Waals surface area (Å²) in [6.45, 7) is 2.05. The highest BCUT2D eigenvalue weighted by Gasteiger charge is 2.30. The molecule has 4 heteroatoms. The third-order valence-electron chi connectivity index (χ3n) is 3.07. The summed E-state index contributed by atoms with van der Waals surface area (Å²) in [6, 6.07) is 0. The fraction of sp³-hybridized carbons (Fsp3) is 1.00. The van der Waals surface area contributed by atoms with E-state index >= 15 is 0 Å². The number of sulfone groups is 1. The largest absolute Gasteiger partial charge is 0.229 e. The third-order valence-corrected chi connectivity index (χ3v) is 6.41. The molecule has 0 spiro atoms. The van der Waals surface area contributed by atoms with Gasteiger partial charge in [-0.1, -0.05) is 42.1 Å². The van der Waals surface area contributed by atoms with E-state index in [4.69, 9.17) is 0 Å². The second-order valence-electron chi connectivity index (χ2n) is 4.16. The van der Waals surface area contributed by atoms with Gasteiger partial charge in [0.1, 0.15) is 0 Å². The fourth-order valence-corrected chi connectivity index (χ4v) is 5.31. The molecule has 0 saturated heterocycles. The van der Waals surface area contributed by atoms with Crippen LogP contribution in [0.15, 0.2) is 0 Å². The predicted molar refractivity (Wildman–Crippen MR) is 63.6 cm³/mol. The summed E-state index contributed by atoms with van der Waals surface area (Å²) >= 11 is 3.37. The quantitative estimate of drug-likeness (QED) is 0.727. The van der Waals surface area contributed by atoms with Crippen molar-refractivity contribution in [3.05, 3.63) is 0 Å². The van der Waals surface area contributed by atoms with Crippen LogP contribution in [-0.4, -0.2) is 24.8 Å². The molecule has 1 aliphatic rings. The van der Waals surface area contributed by atoms with Crippen molar-refractivity contribution < 1.29 is 8.42 Å². The molecule has 1 rings (SSSR count). The highest BCUT2D eigenvalue weighted by Crippen LogP contribution is 2.27. The maximum atomic E-state index is 11.9. The second-order valence-corrected chi connectivity index (χ2v) is 7.14. The molecule has 2 nitrogen and oxygen atoms in total. The average Bonchev–Trinajstić information content (AvgIpc) is 2.67. The first-order valence-corrected chi connectivity index (χ1v) is 8.21. The SMILES string of the molecule is CCC(CBr)CS(=O)(=O)C1CCCC1. The first-order valence-electron chi connectivity index (χ1n) is 5.37. The molecular formula is C10H19BrO2S. The number of hydrogen-bond donors (Lipinski definition) is 0. The van der Waals surface area contributed by atoms with E-state index in [9.17, 15) is 8.42 Å². The molecular weight excluding hydrogens is 264 g/mol. The van der Waals surface area contributed by atoms with Gasteiger partial charge in [-0.2, -0.15) is 0 Å². The van der Waals surface area contributed by atoms with Crippen LogP contribution in [0.2, 0.25) is 0 Å². The molecule has 0 aromatic rings. The van der Waals surface area contributed by atoms with Gasteiger partial charge in [0.25, 0.3) is 0 Å². The Morgan fingerprint density at radius 2 is 1.93 bits per heavy atom. The normalized spacial score (nSPS) is 21.3. The predicted octanol–water partition coefficient (Wildman–Crippen LogP) is 2.76. The van der Waals surface area contributed by atoms with Crippen LogP contribution in [0, 0.1) is 5.92 Å². The molecule has 14 heavy (non-hydrogen) atoms. The molecule has 1 saturated carbocycles. The van der Waals surface area contributed by atoms with Crippen LogP contribution in [0.3, 0.4) is 0 Å². The highest BCUT2D eigenvalue weighted by molar-refractivity contribution is 9.09. The van der Waals surface area contributed by atoms with Gasteiger partial charge >= 0.3 is 0 Å². The molecule has 1 fully saturated rings. The summed E-state index contributed by atoms with van der Waals surface area (Å²) in [4.78, 5) is 0. The van der Waals surface area contributed by atoms with Gasteiger partial charge in [0.05, 0.1) is 11.0 Å². The standard InChI is InChI=1S/C10H19BrO2S/c1-2-9(7-11)8-14(12,13)10-5-3-4-6-10/h9-10H,2-8H2,1H3. The lowest BCUT2D eigenvalue weighted by Gasteiger charge is -2.15. The maximum absolute atomic E-state index is 11.9. The zero-order chi connectivity index (χ0) is 10.6. The molecule has 0 aromatic carbocycles. The van der Waals surface area contributed by atoms with Crippen LogP contribution >= 0.6 is 15.9 Å². The first-order chi connectivity index (χ1) is 6.60. The first kappa shape index (κ1) is 12.5. The Bertz CT molecular complexity index is 251. The Balaban J connectivity index is 2.56. The minimum Gasteiger partial charge on any atom is -0.229 e. The Hall–Kier alpha value is 0.430. The summed E-state index contributed by atoms with van der Waals surface area (Å²) in [6.07, 6.45) is 4.91. The van der Waals surface area contributed by atoms with Gasteiger partial charge < -0.3 is 0 Å². The molecule has 1 unspecified atom stereocenters. The van der Waals surface area contributed by atoms with Crippen molar-refractivity contribution in [3.63, 3.8) is 0 Å². The van der Waals surface area contributed by atoms with Crippen LogP contribution in [0.5, 0.6) is 0 Å². The van der Waals surface area contributed by atoms with Crippen molar-refractivity contribution in [2.45, 2.75) is 44.3 Å². The van der Waals surface area contributed by atoms with Crippen molar-refractivity contribution in [3.8, 4) is 0 Å². The van der Waals surface area contributed by atoms with Gasteiger partial charge in [-0.15, -0.1) is 0 Å². The van der Waals surface area contributed by atoms with Crippen molar-refractivity contribution >= 4 is 25.8 Å². The fourth-order valence-electron chi connectivity index (χ4n) is 1.98. The van der Waals surface area contributed by atoms with E-state index < -0.39 is 9.84 Å². The van der Waals surface area contributed by atoms with Crippen LogP contribution in [0.4, 0.5) is 0 Å². The molecule has 0 aromatic heterocycles. The number of rotatable bonds is 5. The summed E-state index contributed by atoms with van der Waals surface area (Å²) in [5.74, 6) is 0.667. The lowest BCUT2D eigenvalue weighted by molar-refractivity contribution is 0.555. The van der Waals surface area contributed by atoms with E-state index in [1.165, 1.54) is 0 Å². The molecule has 84 valence electrons. The molecule has 0 heterocycles. The van der Waals surface area contributed by atoms with Gasteiger partial charge in [-0.25, -0.2) is 8.42 Å². The van der Waals surface area contributed by atoms with E-state index in [1.807, 2.05) is 0 Å². The summed E-state index contributed by atoms with van der Waals surface area (Å²) in [5, 5.41) is 0.769. The monoisotopic (exact) mass is 282 g/mol. The summed E-state index contributed by atoms with van der Waals surface area (Å²) in [5.41, 5.74) is 0. The lowest BCUT2D eigenvalue weighted by Crippen LogP contribution is -2.26. The van der Waals surface area contributed by atoms with E-state index in [1.54, 1.807) is 0 Å². The van der Waals surface area contributed by atoms with E-state index in [2.05, 4.69) is 22.9 Å². The zero-order valence-corrected chi connectivity index (χ0v) is 11.1. The van der Waals surface area contributed by atoms with E-state index in [0.29, 0.717) is 11.7 Å². The maximum Gasteiger partial charge on any atom is 0.153 e. The van der Waals surface area contributed by atoms with Crippen LogP contribution in [0.1, 0.15) is 39.0 Å². The smallest absolute Gasteiger partial charge is 0.153 e. The van der Waals surface area contributed by atoms with Crippen LogP contribution in [-0.2, 0) is 9.84 Å². The Morgan fingerprint density at radius 3 is 2.36 bits per heavy atom. The van der Waals surface area contributed by atoms with Crippen molar-refractivity contribution in [1.29, 1.82) is 0 Å². The van der Waals surface area contributed by atoms with Crippen molar-refractivity contribution in [1.82, 2.24) is 0 Å². The highest BCUT2D eigenvalue weighted by atomic mass is 79.9. The van der Waals surface area contributed by atoms with Gasteiger partial charge in [-0.3, -0.25) is 0 Å². The molecule has 0 bridgehead atoms. The number of alkyl halides is 1. The van der Waals surface area contributed by atoms with Crippen molar-refractivity contribution in [2.75, 3.05) is 11.1 Å². The Labute approximate surface area is 95.5 Å². The van der Waals surface area contributed by atoms with Gasteiger partial charge in [0, 0.05) is 5.33 Å². The minimum absolute atomic E-state index is 0.0319. The van der Waals surface area contributed by atoms with Crippen molar-refractivity contribution in [2.24, 2.45) is 5.92 Å². The van der Waals surface area contributed by atoms with Crippen LogP contribution in [0.25, 0.3) is 0 Å². The molecule has 0 radical (unpaired) electrons. The average molecular weight is 283 g/mol. The number of halogens is 1. The molecule has 0 amide bonds. The Morgan fingerprint density at radius 1 is 1.36 bits per heavy atom. The molecule has 1 atom stereocenters. The van der Waals surface area contributed by atoms with Gasteiger partial charge in [-0.05, 0) is 18.8 Å². The van der Waals surface area contributed by atoms with Gasteiger partial charge in [0.15, 0.2) is 9.84 Å². The van der Waals surface area contributed by atoms with E-state index in [-0.39, 0.29) is 5.25 Å². The summed E-state index contributed by atoms with van der Waals surface area (Å²) < 4.78 is 23.9. The zero-order valence-electron chi connectivity index (χ0n) is 8.71.